The third kappa shape index (κ3) is 3.71. The Labute approximate surface area is 131 Å². The van der Waals surface area contributed by atoms with Crippen molar-refractivity contribution in [3.8, 4) is 5.75 Å². The van der Waals surface area contributed by atoms with Crippen LogP contribution in [0.25, 0.3) is 0 Å². The summed E-state index contributed by atoms with van der Waals surface area (Å²) in [7, 11) is 0. The van der Waals surface area contributed by atoms with Crippen LogP contribution in [0.5, 0.6) is 5.75 Å². The molecular formula is C17H24N2O3. The number of ether oxygens (including phenoxy) is 2. The van der Waals surface area contributed by atoms with Crippen LogP contribution in [0.15, 0.2) is 24.3 Å². The van der Waals surface area contributed by atoms with E-state index in [2.05, 4.69) is 4.90 Å². The lowest BCUT2D eigenvalue weighted by Crippen LogP contribution is -2.41. The molecule has 120 valence electrons. The number of rotatable bonds is 5. The first-order valence-corrected chi connectivity index (χ1v) is 8.09. The number of benzene rings is 1. The maximum absolute atomic E-state index is 12.0. The summed E-state index contributed by atoms with van der Waals surface area (Å²) in [6.07, 6.45) is 3.35. The number of carbonyl (C=O) groups excluding carboxylic acids is 1. The van der Waals surface area contributed by atoms with Gasteiger partial charge in [0.2, 0.25) is 0 Å². The van der Waals surface area contributed by atoms with Gasteiger partial charge >= 0.3 is 6.09 Å². The monoisotopic (exact) mass is 304 g/mol. The molecule has 5 heteroatoms. The Morgan fingerprint density at radius 1 is 1.23 bits per heavy atom. The fourth-order valence-corrected chi connectivity index (χ4v) is 3.02. The SMILES string of the molecule is Cc1ccccc1OC[C@@H]1CN(CN2CCCCC2)C(=O)O1. The summed E-state index contributed by atoms with van der Waals surface area (Å²) < 4.78 is 11.2. The molecule has 0 spiro atoms. The molecule has 1 aromatic carbocycles. The van der Waals surface area contributed by atoms with Crippen molar-refractivity contribution in [3.63, 3.8) is 0 Å². The van der Waals surface area contributed by atoms with Crippen LogP contribution in [0, 0.1) is 6.92 Å². The van der Waals surface area contributed by atoms with Crippen molar-refractivity contribution in [1.82, 2.24) is 9.80 Å². The fraction of sp³-hybridized carbons (Fsp3) is 0.588. The lowest BCUT2D eigenvalue weighted by Gasteiger charge is -2.29. The lowest BCUT2D eigenvalue weighted by molar-refractivity contribution is 0.0981. The Bertz CT molecular complexity index is 514. The second kappa shape index (κ2) is 7.01. The molecule has 0 unspecified atom stereocenters. The third-order valence-corrected chi connectivity index (χ3v) is 4.29. The molecule has 0 aliphatic carbocycles. The number of carbonyl (C=O) groups is 1. The van der Waals surface area contributed by atoms with Crippen LogP contribution in [0.1, 0.15) is 24.8 Å². The molecule has 0 aromatic heterocycles. The molecule has 2 saturated heterocycles. The van der Waals surface area contributed by atoms with Gasteiger partial charge in [0.25, 0.3) is 0 Å². The predicted octanol–water partition coefficient (Wildman–Crippen LogP) is 2.64. The Hall–Kier alpha value is -1.75. The van der Waals surface area contributed by atoms with Crippen molar-refractivity contribution in [2.45, 2.75) is 32.3 Å². The summed E-state index contributed by atoms with van der Waals surface area (Å²) >= 11 is 0. The third-order valence-electron chi connectivity index (χ3n) is 4.29. The van der Waals surface area contributed by atoms with Gasteiger partial charge in [-0.15, -0.1) is 0 Å². The van der Waals surface area contributed by atoms with Gasteiger partial charge in [-0.1, -0.05) is 24.6 Å². The van der Waals surface area contributed by atoms with E-state index in [9.17, 15) is 4.79 Å². The van der Waals surface area contributed by atoms with E-state index in [1.165, 1.54) is 19.3 Å². The van der Waals surface area contributed by atoms with E-state index >= 15 is 0 Å². The lowest BCUT2D eigenvalue weighted by atomic mass is 10.1. The zero-order chi connectivity index (χ0) is 15.4. The maximum atomic E-state index is 12.0. The molecule has 2 fully saturated rings. The van der Waals surface area contributed by atoms with Gasteiger partial charge in [0.05, 0.1) is 13.2 Å². The van der Waals surface area contributed by atoms with E-state index in [4.69, 9.17) is 9.47 Å². The van der Waals surface area contributed by atoms with Crippen molar-refractivity contribution < 1.29 is 14.3 Å². The van der Waals surface area contributed by atoms with Gasteiger partial charge in [-0.2, -0.15) is 0 Å². The van der Waals surface area contributed by atoms with Crippen molar-refractivity contribution in [2.24, 2.45) is 0 Å². The molecule has 0 radical (unpaired) electrons. The van der Waals surface area contributed by atoms with Crippen LogP contribution in [-0.2, 0) is 4.74 Å². The molecule has 1 aromatic rings. The molecule has 2 heterocycles. The van der Waals surface area contributed by atoms with Crippen molar-refractivity contribution in [3.05, 3.63) is 29.8 Å². The highest BCUT2D eigenvalue weighted by atomic mass is 16.6. The Kier molecular flexibility index (Phi) is 4.83. The number of piperidine rings is 1. The van der Waals surface area contributed by atoms with Gasteiger partial charge in [0.1, 0.15) is 12.4 Å². The highest BCUT2D eigenvalue weighted by molar-refractivity contribution is 5.69. The normalized spacial score (nSPS) is 22.7. The largest absolute Gasteiger partial charge is 0.489 e. The van der Waals surface area contributed by atoms with Crippen LogP contribution >= 0.6 is 0 Å². The molecule has 1 atom stereocenters. The Morgan fingerprint density at radius 2 is 2.00 bits per heavy atom. The minimum Gasteiger partial charge on any atom is -0.489 e. The van der Waals surface area contributed by atoms with Crippen LogP contribution in [0.3, 0.4) is 0 Å². The van der Waals surface area contributed by atoms with Crippen LogP contribution in [-0.4, -0.2) is 54.9 Å². The van der Waals surface area contributed by atoms with E-state index in [1.807, 2.05) is 31.2 Å². The minimum absolute atomic E-state index is 0.183. The molecule has 1 amide bonds. The van der Waals surface area contributed by atoms with Crippen LogP contribution in [0.2, 0.25) is 0 Å². The summed E-state index contributed by atoms with van der Waals surface area (Å²) in [5.41, 5.74) is 1.09. The number of hydrogen-bond acceptors (Lipinski definition) is 4. The fourth-order valence-electron chi connectivity index (χ4n) is 3.02. The predicted molar refractivity (Wildman–Crippen MR) is 83.9 cm³/mol. The maximum Gasteiger partial charge on any atom is 0.411 e. The first-order chi connectivity index (χ1) is 10.7. The summed E-state index contributed by atoms with van der Waals surface area (Å²) in [4.78, 5) is 16.1. The summed E-state index contributed by atoms with van der Waals surface area (Å²) in [6.45, 7) is 5.87. The van der Waals surface area contributed by atoms with Crippen molar-refractivity contribution in [2.75, 3.05) is 32.9 Å². The molecule has 0 N–H and O–H groups in total. The summed E-state index contributed by atoms with van der Waals surface area (Å²) in [6, 6.07) is 7.89. The summed E-state index contributed by atoms with van der Waals surface area (Å²) in [5, 5.41) is 0. The molecule has 2 aliphatic heterocycles. The number of hydrogen-bond donors (Lipinski definition) is 0. The molecular weight excluding hydrogens is 280 g/mol. The summed E-state index contributed by atoms with van der Waals surface area (Å²) in [5.74, 6) is 0.855. The smallest absolute Gasteiger partial charge is 0.411 e. The first kappa shape index (κ1) is 15.2. The Morgan fingerprint density at radius 3 is 2.77 bits per heavy atom. The standard InChI is InChI=1S/C17H24N2O3/c1-14-7-3-4-8-16(14)21-12-15-11-19(17(20)22-15)13-18-9-5-2-6-10-18/h3-4,7-8,15H,2,5-6,9-13H2,1H3/t15-/m0/s1. The van der Waals surface area contributed by atoms with Gasteiger partial charge in [-0.25, -0.2) is 4.79 Å². The number of aryl methyl sites for hydroxylation is 1. The second-order valence-electron chi connectivity index (χ2n) is 6.12. The minimum atomic E-state index is -0.219. The molecule has 5 nitrogen and oxygen atoms in total. The topological polar surface area (TPSA) is 42.0 Å². The van der Waals surface area contributed by atoms with Gasteiger partial charge in [0, 0.05) is 0 Å². The Balaban J connectivity index is 1.48. The number of para-hydroxylation sites is 1. The molecule has 22 heavy (non-hydrogen) atoms. The highest BCUT2D eigenvalue weighted by Crippen LogP contribution is 2.19. The number of cyclic esters (lactones) is 1. The number of likely N-dealkylation sites (tertiary alicyclic amines) is 1. The highest BCUT2D eigenvalue weighted by Gasteiger charge is 2.32. The van der Waals surface area contributed by atoms with Gasteiger partial charge in [0.15, 0.2) is 6.10 Å². The quantitative estimate of drug-likeness (QED) is 0.838. The number of nitrogens with zero attached hydrogens (tertiary/aromatic N) is 2. The van der Waals surface area contributed by atoms with E-state index in [0.29, 0.717) is 19.8 Å². The average molecular weight is 304 g/mol. The van der Waals surface area contributed by atoms with Crippen molar-refractivity contribution in [1.29, 1.82) is 0 Å². The van der Waals surface area contributed by atoms with Gasteiger partial charge in [-0.3, -0.25) is 9.80 Å². The zero-order valence-electron chi connectivity index (χ0n) is 13.2. The molecule has 2 aliphatic rings. The van der Waals surface area contributed by atoms with Gasteiger partial charge in [-0.05, 0) is 44.5 Å². The van der Waals surface area contributed by atoms with Crippen LogP contribution in [0.4, 0.5) is 4.79 Å². The van der Waals surface area contributed by atoms with E-state index in [-0.39, 0.29) is 12.2 Å². The van der Waals surface area contributed by atoms with E-state index in [1.54, 1.807) is 4.90 Å². The molecule has 3 rings (SSSR count). The zero-order valence-corrected chi connectivity index (χ0v) is 13.2. The second-order valence-corrected chi connectivity index (χ2v) is 6.12. The number of amides is 1. The van der Waals surface area contributed by atoms with Gasteiger partial charge < -0.3 is 9.47 Å². The van der Waals surface area contributed by atoms with E-state index in [0.717, 1.165) is 24.4 Å². The van der Waals surface area contributed by atoms with E-state index < -0.39 is 0 Å². The molecule has 0 bridgehead atoms. The van der Waals surface area contributed by atoms with Crippen molar-refractivity contribution >= 4 is 6.09 Å². The van der Waals surface area contributed by atoms with Crippen LogP contribution < -0.4 is 4.74 Å². The average Bonchev–Trinajstić information content (AvgIpc) is 2.88. The molecule has 0 saturated carbocycles. The first-order valence-electron chi connectivity index (χ1n) is 8.09.